The third-order valence-corrected chi connectivity index (χ3v) is 4.08. The Labute approximate surface area is 159 Å². The topological polar surface area (TPSA) is 70.2 Å². The van der Waals surface area contributed by atoms with E-state index in [0.717, 1.165) is 16.9 Å². The normalized spacial score (nSPS) is 11.7. The molecule has 27 heavy (non-hydrogen) atoms. The first-order chi connectivity index (χ1) is 12.8. The maximum atomic E-state index is 12.9. The molecule has 0 fully saturated rings. The summed E-state index contributed by atoms with van der Waals surface area (Å²) in [5.74, 6) is -0.504. The van der Waals surface area contributed by atoms with Crippen molar-refractivity contribution in [3.8, 4) is 0 Å². The summed E-state index contributed by atoms with van der Waals surface area (Å²) < 4.78 is 12.9. The SMILES string of the molecule is CC(C)C(=O)Nc1ccc(NC(C)C(=O)NCCc2ccc(F)cc2)cc1. The van der Waals surface area contributed by atoms with E-state index >= 15 is 0 Å². The molecule has 0 heterocycles. The zero-order valence-electron chi connectivity index (χ0n) is 15.9. The Balaban J connectivity index is 1.78. The van der Waals surface area contributed by atoms with Gasteiger partial charge < -0.3 is 16.0 Å². The fourth-order valence-electron chi connectivity index (χ4n) is 2.39. The molecule has 0 radical (unpaired) electrons. The number of halogens is 1. The van der Waals surface area contributed by atoms with E-state index in [4.69, 9.17) is 0 Å². The second kappa shape index (κ2) is 9.71. The lowest BCUT2D eigenvalue weighted by Gasteiger charge is -2.16. The van der Waals surface area contributed by atoms with E-state index in [0.29, 0.717) is 13.0 Å². The predicted molar refractivity (Wildman–Crippen MR) is 106 cm³/mol. The highest BCUT2D eigenvalue weighted by Gasteiger charge is 2.12. The van der Waals surface area contributed by atoms with Crippen molar-refractivity contribution in [1.29, 1.82) is 0 Å². The first kappa shape index (κ1) is 20.4. The van der Waals surface area contributed by atoms with Gasteiger partial charge in [0, 0.05) is 23.8 Å². The number of carbonyl (C=O) groups excluding carboxylic acids is 2. The highest BCUT2D eigenvalue weighted by Crippen LogP contribution is 2.15. The summed E-state index contributed by atoms with van der Waals surface area (Å²) in [5, 5.41) is 8.81. The van der Waals surface area contributed by atoms with Crippen LogP contribution in [0.4, 0.5) is 15.8 Å². The lowest BCUT2D eigenvalue weighted by Crippen LogP contribution is -2.38. The van der Waals surface area contributed by atoms with E-state index in [-0.39, 0.29) is 23.5 Å². The van der Waals surface area contributed by atoms with Gasteiger partial charge in [-0.3, -0.25) is 9.59 Å². The van der Waals surface area contributed by atoms with Crippen LogP contribution in [0.1, 0.15) is 26.3 Å². The molecule has 0 aromatic heterocycles. The van der Waals surface area contributed by atoms with Gasteiger partial charge in [-0.25, -0.2) is 4.39 Å². The van der Waals surface area contributed by atoms with Crippen molar-refractivity contribution in [3.05, 3.63) is 59.9 Å². The second-order valence-corrected chi connectivity index (χ2v) is 6.75. The largest absolute Gasteiger partial charge is 0.374 e. The maximum absolute atomic E-state index is 12.9. The maximum Gasteiger partial charge on any atom is 0.242 e. The van der Waals surface area contributed by atoms with Crippen molar-refractivity contribution in [2.24, 2.45) is 5.92 Å². The summed E-state index contributed by atoms with van der Waals surface area (Å²) in [5.41, 5.74) is 2.48. The molecule has 0 saturated carbocycles. The van der Waals surface area contributed by atoms with E-state index in [9.17, 15) is 14.0 Å². The molecule has 1 unspecified atom stereocenters. The van der Waals surface area contributed by atoms with Crippen molar-refractivity contribution in [1.82, 2.24) is 5.32 Å². The van der Waals surface area contributed by atoms with Crippen molar-refractivity contribution in [3.63, 3.8) is 0 Å². The van der Waals surface area contributed by atoms with Crippen LogP contribution >= 0.6 is 0 Å². The smallest absolute Gasteiger partial charge is 0.242 e. The zero-order chi connectivity index (χ0) is 19.8. The molecule has 2 aromatic carbocycles. The first-order valence-electron chi connectivity index (χ1n) is 9.05. The molecule has 144 valence electrons. The van der Waals surface area contributed by atoms with E-state index in [1.165, 1.54) is 12.1 Å². The second-order valence-electron chi connectivity index (χ2n) is 6.75. The monoisotopic (exact) mass is 371 g/mol. The van der Waals surface area contributed by atoms with Crippen LogP contribution in [0.3, 0.4) is 0 Å². The van der Waals surface area contributed by atoms with E-state index < -0.39 is 6.04 Å². The fourth-order valence-corrected chi connectivity index (χ4v) is 2.39. The minimum absolute atomic E-state index is 0.0374. The quantitative estimate of drug-likeness (QED) is 0.664. The van der Waals surface area contributed by atoms with Crippen LogP contribution < -0.4 is 16.0 Å². The summed E-state index contributed by atoms with van der Waals surface area (Å²) in [6.07, 6.45) is 0.642. The predicted octanol–water partition coefficient (Wildman–Crippen LogP) is 3.58. The van der Waals surface area contributed by atoms with Gasteiger partial charge in [0.25, 0.3) is 0 Å². The lowest BCUT2D eigenvalue weighted by molar-refractivity contribution is -0.121. The molecule has 3 N–H and O–H groups in total. The molecule has 0 aliphatic carbocycles. The number of benzene rings is 2. The van der Waals surface area contributed by atoms with Gasteiger partial charge in [-0.1, -0.05) is 26.0 Å². The van der Waals surface area contributed by atoms with Crippen molar-refractivity contribution < 1.29 is 14.0 Å². The molecule has 5 nitrogen and oxygen atoms in total. The summed E-state index contributed by atoms with van der Waals surface area (Å²) >= 11 is 0. The number of amides is 2. The van der Waals surface area contributed by atoms with Gasteiger partial charge in [-0.05, 0) is 55.3 Å². The standard InChI is InChI=1S/C21H26FN3O2/c1-14(2)20(26)25-19-10-8-18(9-11-19)24-15(3)21(27)23-13-12-16-4-6-17(22)7-5-16/h4-11,14-15,24H,12-13H2,1-3H3,(H,23,27)(H,25,26). The van der Waals surface area contributed by atoms with Gasteiger partial charge in [0.2, 0.25) is 11.8 Å². The molecular weight excluding hydrogens is 345 g/mol. The number of rotatable bonds is 8. The molecule has 2 amide bonds. The van der Waals surface area contributed by atoms with Gasteiger partial charge in [0.15, 0.2) is 0 Å². The van der Waals surface area contributed by atoms with Crippen LogP contribution in [0.25, 0.3) is 0 Å². The van der Waals surface area contributed by atoms with Gasteiger partial charge >= 0.3 is 0 Å². The summed E-state index contributed by atoms with van der Waals surface area (Å²) in [4.78, 5) is 23.9. The van der Waals surface area contributed by atoms with Crippen LogP contribution in [0.2, 0.25) is 0 Å². The average molecular weight is 371 g/mol. The minimum atomic E-state index is -0.408. The molecule has 1 atom stereocenters. The van der Waals surface area contributed by atoms with Crippen LogP contribution in [0.5, 0.6) is 0 Å². The Morgan fingerprint density at radius 1 is 0.889 bits per heavy atom. The Morgan fingerprint density at radius 3 is 2.07 bits per heavy atom. The van der Waals surface area contributed by atoms with Crippen molar-refractivity contribution >= 4 is 23.2 Å². The van der Waals surface area contributed by atoms with Crippen LogP contribution in [-0.4, -0.2) is 24.4 Å². The minimum Gasteiger partial charge on any atom is -0.374 e. The number of hydrogen-bond acceptors (Lipinski definition) is 3. The molecule has 0 saturated heterocycles. The lowest BCUT2D eigenvalue weighted by atomic mass is 10.1. The molecule has 0 aliphatic heterocycles. The molecular formula is C21H26FN3O2. The fraction of sp³-hybridized carbons (Fsp3) is 0.333. The van der Waals surface area contributed by atoms with Crippen LogP contribution in [-0.2, 0) is 16.0 Å². The Hall–Kier alpha value is -2.89. The Bertz CT molecular complexity index is 758. The number of carbonyl (C=O) groups is 2. The Kier molecular flexibility index (Phi) is 7.34. The number of anilines is 2. The Morgan fingerprint density at radius 2 is 1.48 bits per heavy atom. The zero-order valence-corrected chi connectivity index (χ0v) is 15.9. The summed E-state index contributed by atoms with van der Waals surface area (Å²) in [6.45, 7) is 5.93. The molecule has 0 aliphatic rings. The number of nitrogens with one attached hydrogen (secondary N) is 3. The van der Waals surface area contributed by atoms with Crippen molar-refractivity contribution in [2.45, 2.75) is 33.2 Å². The van der Waals surface area contributed by atoms with Gasteiger partial charge in [-0.15, -0.1) is 0 Å². The molecule has 2 rings (SSSR count). The first-order valence-corrected chi connectivity index (χ1v) is 9.05. The highest BCUT2D eigenvalue weighted by atomic mass is 19.1. The van der Waals surface area contributed by atoms with E-state index in [2.05, 4.69) is 16.0 Å². The summed E-state index contributed by atoms with van der Waals surface area (Å²) in [6, 6.07) is 13.1. The molecule has 6 heteroatoms. The van der Waals surface area contributed by atoms with Gasteiger partial charge in [0.1, 0.15) is 11.9 Å². The van der Waals surface area contributed by atoms with E-state index in [1.54, 1.807) is 31.2 Å². The average Bonchev–Trinajstić information content (AvgIpc) is 2.64. The highest BCUT2D eigenvalue weighted by molar-refractivity contribution is 5.92. The molecule has 2 aromatic rings. The van der Waals surface area contributed by atoms with E-state index in [1.807, 2.05) is 26.0 Å². The van der Waals surface area contributed by atoms with Gasteiger partial charge in [-0.2, -0.15) is 0 Å². The van der Waals surface area contributed by atoms with Crippen LogP contribution in [0.15, 0.2) is 48.5 Å². The molecule has 0 bridgehead atoms. The summed E-state index contributed by atoms with van der Waals surface area (Å²) in [7, 11) is 0. The van der Waals surface area contributed by atoms with Crippen LogP contribution in [0, 0.1) is 11.7 Å². The molecule has 0 spiro atoms. The van der Waals surface area contributed by atoms with Gasteiger partial charge in [0.05, 0.1) is 0 Å². The van der Waals surface area contributed by atoms with Crippen molar-refractivity contribution in [2.75, 3.05) is 17.2 Å². The third kappa shape index (κ3) is 6.73. The third-order valence-electron chi connectivity index (χ3n) is 4.08. The number of hydrogen-bond donors (Lipinski definition) is 3.